The molecule has 1 nitrogen and oxygen atoms in total. The molecule has 0 spiro atoms. The molecule has 1 aliphatic carbocycles. The van der Waals surface area contributed by atoms with Crippen LogP contribution in [0.3, 0.4) is 0 Å². The second-order valence-corrected chi connectivity index (χ2v) is 4.16. The highest BCUT2D eigenvalue weighted by Crippen LogP contribution is 2.32. The smallest absolute Gasteiger partial charge is 0.310 e. The summed E-state index contributed by atoms with van der Waals surface area (Å²) in [4.78, 5) is 0. The molecule has 88 valence electrons. The monoisotopic (exact) mass is 229 g/mol. The van der Waals surface area contributed by atoms with Gasteiger partial charge >= 0.3 is 6.18 Å². The van der Waals surface area contributed by atoms with Gasteiger partial charge in [0, 0.05) is 12.6 Å². The van der Waals surface area contributed by atoms with E-state index in [-0.39, 0.29) is 0 Å². The van der Waals surface area contributed by atoms with Crippen LogP contribution in [0.15, 0.2) is 24.3 Å². The molecule has 0 amide bonds. The van der Waals surface area contributed by atoms with E-state index in [4.69, 9.17) is 0 Å². The molecule has 0 bridgehead atoms. The minimum atomic E-state index is -4.25. The summed E-state index contributed by atoms with van der Waals surface area (Å²) in [5.74, 6) is 0. The minimum Gasteiger partial charge on any atom is -0.310 e. The molecule has 4 heteroatoms. The fourth-order valence-corrected chi connectivity index (χ4v) is 1.82. The van der Waals surface area contributed by atoms with Gasteiger partial charge in [0.15, 0.2) is 0 Å². The number of hydrogen-bond acceptors (Lipinski definition) is 1. The largest absolute Gasteiger partial charge is 0.416 e. The highest BCUT2D eigenvalue weighted by Gasteiger charge is 2.32. The van der Waals surface area contributed by atoms with Crippen molar-refractivity contribution in [1.82, 2.24) is 5.32 Å². The van der Waals surface area contributed by atoms with Crippen LogP contribution in [-0.2, 0) is 12.7 Å². The van der Waals surface area contributed by atoms with Crippen molar-refractivity contribution in [3.8, 4) is 0 Å². The second-order valence-electron chi connectivity index (χ2n) is 4.16. The molecule has 16 heavy (non-hydrogen) atoms. The first kappa shape index (κ1) is 11.5. The SMILES string of the molecule is FC(F)(F)c1ccccc1CNC1CCC1. The zero-order chi connectivity index (χ0) is 11.6. The Labute approximate surface area is 92.7 Å². The molecule has 1 aliphatic rings. The van der Waals surface area contributed by atoms with Crippen molar-refractivity contribution in [2.24, 2.45) is 0 Å². The Morgan fingerprint density at radius 3 is 2.44 bits per heavy atom. The molecule has 0 aliphatic heterocycles. The Hall–Kier alpha value is -1.03. The quantitative estimate of drug-likeness (QED) is 0.838. The van der Waals surface area contributed by atoms with Gasteiger partial charge in [-0.1, -0.05) is 24.6 Å². The molecule has 0 aromatic heterocycles. The summed E-state index contributed by atoms with van der Waals surface area (Å²) in [6, 6.07) is 6.15. The molecular weight excluding hydrogens is 215 g/mol. The molecule has 0 heterocycles. The van der Waals surface area contributed by atoms with Crippen LogP contribution in [0.1, 0.15) is 30.4 Å². The van der Waals surface area contributed by atoms with Gasteiger partial charge in [-0.15, -0.1) is 0 Å². The Bertz CT molecular complexity index is 356. The van der Waals surface area contributed by atoms with Gasteiger partial charge in [0.25, 0.3) is 0 Å². The van der Waals surface area contributed by atoms with Gasteiger partial charge in [0.2, 0.25) is 0 Å². The first-order chi connectivity index (χ1) is 7.57. The molecule has 0 radical (unpaired) electrons. The molecule has 2 rings (SSSR count). The topological polar surface area (TPSA) is 12.0 Å². The number of hydrogen-bond donors (Lipinski definition) is 1. The molecule has 0 unspecified atom stereocenters. The zero-order valence-corrected chi connectivity index (χ0v) is 8.85. The van der Waals surface area contributed by atoms with Crippen molar-refractivity contribution in [2.45, 2.75) is 38.0 Å². The molecular formula is C12H14F3N. The van der Waals surface area contributed by atoms with E-state index < -0.39 is 11.7 Å². The fourth-order valence-electron chi connectivity index (χ4n) is 1.82. The maximum Gasteiger partial charge on any atom is 0.416 e. The molecule has 1 fully saturated rings. The third kappa shape index (κ3) is 2.55. The molecule has 1 aromatic rings. The molecule has 1 N–H and O–H groups in total. The van der Waals surface area contributed by atoms with Crippen LogP contribution in [0.25, 0.3) is 0 Å². The molecule has 0 saturated heterocycles. The summed E-state index contributed by atoms with van der Waals surface area (Å²) in [5.41, 5.74) is -0.191. The van der Waals surface area contributed by atoms with Crippen molar-refractivity contribution in [2.75, 3.05) is 0 Å². The van der Waals surface area contributed by atoms with Crippen molar-refractivity contribution in [3.05, 3.63) is 35.4 Å². The van der Waals surface area contributed by atoms with Crippen molar-refractivity contribution < 1.29 is 13.2 Å². The zero-order valence-electron chi connectivity index (χ0n) is 8.85. The molecule has 1 aromatic carbocycles. The van der Waals surface area contributed by atoms with Gasteiger partial charge in [0.05, 0.1) is 5.56 Å². The maximum absolute atomic E-state index is 12.6. The van der Waals surface area contributed by atoms with Gasteiger partial charge in [0.1, 0.15) is 0 Å². The van der Waals surface area contributed by atoms with Crippen molar-refractivity contribution >= 4 is 0 Å². The third-order valence-corrected chi connectivity index (χ3v) is 3.01. The lowest BCUT2D eigenvalue weighted by Crippen LogP contribution is -2.35. The van der Waals surface area contributed by atoms with Crippen LogP contribution >= 0.6 is 0 Å². The van der Waals surface area contributed by atoms with E-state index in [1.807, 2.05) is 0 Å². The van der Waals surface area contributed by atoms with E-state index in [2.05, 4.69) is 5.32 Å². The Morgan fingerprint density at radius 2 is 1.88 bits per heavy atom. The van der Waals surface area contributed by atoms with Crippen LogP contribution in [0.2, 0.25) is 0 Å². The highest BCUT2D eigenvalue weighted by molar-refractivity contribution is 5.29. The van der Waals surface area contributed by atoms with E-state index in [0.29, 0.717) is 18.2 Å². The molecule has 0 atom stereocenters. The average Bonchev–Trinajstić information content (AvgIpc) is 2.14. The van der Waals surface area contributed by atoms with Crippen LogP contribution in [-0.4, -0.2) is 6.04 Å². The normalized spacial score (nSPS) is 17.2. The van der Waals surface area contributed by atoms with E-state index in [1.54, 1.807) is 6.07 Å². The van der Waals surface area contributed by atoms with Gasteiger partial charge in [-0.05, 0) is 24.5 Å². The van der Waals surface area contributed by atoms with E-state index >= 15 is 0 Å². The van der Waals surface area contributed by atoms with Crippen molar-refractivity contribution in [3.63, 3.8) is 0 Å². The number of rotatable bonds is 3. The van der Waals surface area contributed by atoms with E-state index in [9.17, 15) is 13.2 Å². The predicted molar refractivity (Wildman–Crippen MR) is 55.9 cm³/mol. The van der Waals surface area contributed by atoms with Gasteiger partial charge in [-0.25, -0.2) is 0 Å². The van der Waals surface area contributed by atoms with E-state index in [1.165, 1.54) is 18.6 Å². The second kappa shape index (κ2) is 4.45. The number of halogens is 3. The van der Waals surface area contributed by atoms with Crippen LogP contribution in [0.5, 0.6) is 0 Å². The maximum atomic E-state index is 12.6. The Balaban J connectivity index is 2.06. The summed E-state index contributed by atoms with van der Waals surface area (Å²) in [5, 5.41) is 3.15. The lowest BCUT2D eigenvalue weighted by molar-refractivity contribution is -0.138. The van der Waals surface area contributed by atoms with Crippen LogP contribution in [0, 0.1) is 0 Å². The fraction of sp³-hybridized carbons (Fsp3) is 0.500. The lowest BCUT2D eigenvalue weighted by Gasteiger charge is -2.27. The minimum absolute atomic E-state index is 0.306. The summed E-state index contributed by atoms with van der Waals surface area (Å²) in [6.45, 7) is 0.306. The van der Waals surface area contributed by atoms with Crippen LogP contribution in [0.4, 0.5) is 13.2 Å². The number of benzene rings is 1. The third-order valence-electron chi connectivity index (χ3n) is 3.01. The van der Waals surface area contributed by atoms with Crippen LogP contribution < -0.4 is 5.32 Å². The molecule has 1 saturated carbocycles. The first-order valence-corrected chi connectivity index (χ1v) is 5.46. The van der Waals surface area contributed by atoms with Crippen molar-refractivity contribution in [1.29, 1.82) is 0 Å². The van der Waals surface area contributed by atoms with E-state index in [0.717, 1.165) is 18.9 Å². The lowest BCUT2D eigenvalue weighted by atomic mass is 9.93. The summed E-state index contributed by atoms with van der Waals surface area (Å²) in [7, 11) is 0. The van der Waals surface area contributed by atoms with Gasteiger partial charge in [-0.3, -0.25) is 0 Å². The van der Waals surface area contributed by atoms with Gasteiger partial charge < -0.3 is 5.32 Å². The van der Waals surface area contributed by atoms with Gasteiger partial charge in [-0.2, -0.15) is 13.2 Å². The number of alkyl halides is 3. The average molecular weight is 229 g/mol. The number of nitrogens with one attached hydrogen (secondary N) is 1. The predicted octanol–water partition coefficient (Wildman–Crippen LogP) is 3.35. The summed E-state index contributed by atoms with van der Waals surface area (Å²) >= 11 is 0. The Morgan fingerprint density at radius 1 is 1.19 bits per heavy atom. The Kier molecular flexibility index (Phi) is 3.19. The first-order valence-electron chi connectivity index (χ1n) is 5.46. The summed E-state index contributed by atoms with van der Waals surface area (Å²) < 4.78 is 37.9. The standard InChI is InChI=1S/C12H14F3N/c13-12(14,15)11-7-2-1-4-9(11)8-16-10-5-3-6-10/h1-2,4,7,10,16H,3,5-6,8H2. The highest BCUT2D eigenvalue weighted by atomic mass is 19.4. The summed E-state index contributed by atoms with van der Waals surface area (Å²) in [6.07, 6.45) is -0.918.